The second-order valence-electron chi connectivity index (χ2n) is 8.62. The molecule has 34 heavy (non-hydrogen) atoms. The molecule has 2 heterocycles. The summed E-state index contributed by atoms with van der Waals surface area (Å²) >= 11 is 0. The maximum Gasteiger partial charge on any atom is 0.357 e. The molecule has 0 spiro atoms. The number of aromatic nitrogens is 1. The van der Waals surface area contributed by atoms with Crippen LogP contribution in [0.1, 0.15) is 43.2 Å². The second-order valence-corrected chi connectivity index (χ2v) is 10.6. The van der Waals surface area contributed by atoms with E-state index in [-0.39, 0.29) is 42.3 Å². The molecule has 2 amide bonds. The van der Waals surface area contributed by atoms with Gasteiger partial charge in [0.25, 0.3) is 6.43 Å². The molecule has 0 atom stereocenters. The number of rotatable bonds is 5. The van der Waals surface area contributed by atoms with Crippen molar-refractivity contribution in [1.82, 2.24) is 14.2 Å². The predicted octanol–water partition coefficient (Wildman–Crippen LogP) is 3.51. The van der Waals surface area contributed by atoms with Crippen molar-refractivity contribution in [3.63, 3.8) is 0 Å². The number of carbonyl (C=O) groups is 2. The summed E-state index contributed by atoms with van der Waals surface area (Å²) in [6.45, 7) is 5.55. The van der Waals surface area contributed by atoms with Gasteiger partial charge in [0.2, 0.25) is 10.0 Å². The van der Waals surface area contributed by atoms with Crippen molar-refractivity contribution in [1.29, 1.82) is 0 Å². The number of benzene rings is 1. The zero-order valence-corrected chi connectivity index (χ0v) is 19.8. The van der Waals surface area contributed by atoms with Crippen LogP contribution in [-0.2, 0) is 14.8 Å². The molecule has 9 nitrogen and oxygen atoms in total. The van der Waals surface area contributed by atoms with Gasteiger partial charge in [0.1, 0.15) is 11.3 Å². The average Bonchev–Trinajstić information content (AvgIpc) is 2.78. The molecule has 1 aliphatic heterocycles. The van der Waals surface area contributed by atoms with E-state index in [1.54, 1.807) is 20.8 Å². The first-order valence-corrected chi connectivity index (χ1v) is 11.9. The minimum Gasteiger partial charge on any atom is -0.455 e. The average molecular weight is 497 g/mol. The molecule has 1 fully saturated rings. The number of carbonyl (C=O) groups excluding carboxylic acids is 2. The molecule has 0 radical (unpaired) electrons. The first-order chi connectivity index (χ1) is 15.9. The number of alkyl halides is 2. The van der Waals surface area contributed by atoms with E-state index in [9.17, 15) is 26.8 Å². The number of anilines is 1. The van der Waals surface area contributed by atoms with Crippen molar-refractivity contribution in [2.75, 3.05) is 31.5 Å². The number of pyridine rings is 1. The monoisotopic (exact) mass is 496 g/mol. The Morgan fingerprint density at radius 2 is 1.68 bits per heavy atom. The van der Waals surface area contributed by atoms with Crippen molar-refractivity contribution < 1.29 is 31.5 Å². The smallest absolute Gasteiger partial charge is 0.357 e. The third-order valence-electron chi connectivity index (χ3n) is 4.91. The van der Waals surface area contributed by atoms with Crippen LogP contribution in [-0.4, -0.2) is 66.4 Å². The van der Waals surface area contributed by atoms with E-state index in [4.69, 9.17) is 4.74 Å². The number of ether oxygens (including phenoxy) is 1. The zero-order valence-electron chi connectivity index (χ0n) is 19.0. The van der Waals surface area contributed by atoms with E-state index in [0.717, 1.165) is 24.3 Å². The number of hydrogen-bond acceptors (Lipinski definition) is 6. The van der Waals surface area contributed by atoms with Crippen LogP contribution in [0, 0.1) is 0 Å². The van der Waals surface area contributed by atoms with Gasteiger partial charge in [-0.15, -0.1) is 0 Å². The number of piperazine rings is 1. The van der Waals surface area contributed by atoms with Crippen LogP contribution < -0.4 is 5.32 Å². The van der Waals surface area contributed by atoms with Crippen molar-refractivity contribution >= 4 is 27.7 Å². The molecule has 1 saturated heterocycles. The van der Waals surface area contributed by atoms with E-state index in [0.29, 0.717) is 5.69 Å². The summed E-state index contributed by atoms with van der Waals surface area (Å²) in [5.74, 6) is -0.621. The molecular formula is C22H26F2N4O5S. The molecule has 0 saturated carbocycles. The highest BCUT2D eigenvalue weighted by molar-refractivity contribution is 7.89. The number of urea groups is 1. The van der Waals surface area contributed by atoms with Crippen molar-refractivity contribution in [2.45, 2.75) is 37.7 Å². The number of sulfonamides is 1. The summed E-state index contributed by atoms with van der Waals surface area (Å²) in [6, 6.07) is 6.94. The van der Waals surface area contributed by atoms with Gasteiger partial charge in [0.05, 0.1) is 4.90 Å². The number of halogens is 2. The molecule has 12 heteroatoms. The number of amides is 2. The van der Waals surface area contributed by atoms with Gasteiger partial charge in [-0.1, -0.05) is 12.1 Å². The van der Waals surface area contributed by atoms with Crippen molar-refractivity contribution in [3.8, 4) is 0 Å². The molecule has 0 bridgehead atoms. The molecule has 0 unspecified atom stereocenters. The standard InChI is InChI=1S/C22H26F2N4O5S/c1-22(2,3)33-20(29)18-14-16(8-9-25-18)26-21(30)27-10-12-28(13-11-27)34(31,32)17-6-4-15(5-7-17)19(23)24/h4-9,14,19H,10-13H2,1-3H3,(H,25,26,30). The molecular weight excluding hydrogens is 470 g/mol. The molecule has 0 aliphatic carbocycles. The Morgan fingerprint density at radius 1 is 1.06 bits per heavy atom. The quantitative estimate of drug-likeness (QED) is 0.635. The minimum absolute atomic E-state index is 0.0431. The highest BCUT2D eigenvalue weighted by atomic mass is 32.2. The van der Waals surface area contributed by atoms with E-state index in [2.05, 4.69) is 10.3 Å². The fraction of sp³-hybridized carbons (Fsp3) is 0.409. The molecule has 1 N–H and O–H groups in total. The van der Waals surface area contributed by atoms with E-state index in [1.807, 2.05) is 0 Å². The molecule has 1 aromatic carbocycles. The lowest BCUT2D eigenvalue weighted by atomic mass is 10.2. The lowest BCUT2D eigenvalue weighted by molar-refractivity contribution is 0.00627. The summed E-state index contributed by atoms with van der Waals surface area (Å²) in [4.78, 5) is 30.2. The maximum atomic E-state index is 12.8. The molecule has 1 aliphatic rings. The van der Waals surface area contributed by atoms with Crippen LogP contribution in [0.25, 0.3) is 0 Å². The van der Waals surface area contributed by atoms with Gasteiger partial charge in [-0.05, 0) is 45.0 Å². The summed E-state index contributed by atoms with van der Waals surface area (Å²) < 4.78 is 57.5. The Hall–Kier alpha value is -3.12. The largest absolute Gasteiger partial charge is 0.455 e. The number of nitrogens with zero attached hydrogens (tertiary/aromatic N) is 3. The Labute approximate surface area is 196 Å². The minimum atomic E-state index is -3.87. The maximum absolute atomic E-state index is 12.8. The highest BCUT2D eigenvalue weighted by Crippen LogP contribution is 2.23. The third kappa shape index (κ3) is 6.26. The number of esters is 1. The Bertz CT molecular complexity index is 1140. The Kier molecular flexibility index (Phi) is 7.51. The van der Waals surface area contributed by atoms with E-state index in [1.165, 1.54) is 27.5 Å². The van der Waals surface area contributed by atoms with Crippen LogP contribution in [0.4, 0.5) is 19.3 Å². The lowest BCUT2D eigenvalue weighted by Gasteiger charge is -2.34. The molecule has 184 valence electrons. The number of hydrogen-bond donors (Lipinski definition) is 1. The fourth-order valence-electron chi connectivity index (χ4n) is 3.22. The van der Waals surface area contributed by atoms with Crippen LogP contribution in [0.2, 0.25) is 0 Å². The predicted molar refractivity (Wildman–Crippen MR) is 120 cm³/mol. The van der Waals surface area contributed by atoms with Gasteiger partial charge in [-0.25, -0.2) is 31.8 Å². The fourth-order valence-corrected chi connectivity index (χ4v) is 4.64. The first kappa shape index (κ1) is 25.5. The zero-order chi connectivity index (χ0) is 25.1. The van der Waals surface area contributed by atoms with E-state index < -0.39 is 34.1 Å². The molecule has 1 aromatic heterocycles. The summed E-state index contributed by atoms with van der Waals surface area (Å²) in [5, 5.41) is 2.67. The first-order valence-electron chi connectivity index (χ1n) is 10.5. The van der Waals surface area contributed by atoms with Crippen LogP contribution in [0.15, 0.2) is 47.5 Å². The van der Waals surface area contributed by atoms with Gasteiger partial charge in [-0.3, -0.25) is 0 Å². The van der Waals surface area contributed by atoms with Crippen molar-refractivity contribution in [3.05, 3.63) is 53.9 Å². The highest BCUT2D eigenvalue weighted by Gasteiger charge is 2.30. The lowest BCUT2D eigenvalue weighted by Crippen LogP contribution is -2.51. The summed E-state index contributed by atoms with van der Waals surface area (Å²) in [7, 11) is -3.87. The van der Waals surface area contributed by atoms with Gasteiger partial charge in [-0.2, -0.15) is 4.31 Å². The molecule has 3 rings (SSSR count). The Morgan fingerprint density at radius 3 is 2.24 bits per heavy atom. The van der Waals surface area contributed by atoms with Crippen LogP contribution in [0.5, 0.6) is 0 Å². The van der Waals surface area contributed by atoms with Gasteiger partial charge in [0, 0.05) is 43.6 Å². The van der Waals surface area contributed by atoms with Crippen molar-refractivity contribution in [2.24, 2.45) is 0 Å². The van der Waals surface area contributed by atoms with E-state index >= 15 is 0 Å². The van der Waals surface area contributed by atoms with Gasteiger partial charge < -0.3 is 15.0 Å². The Balaban J connectivity index is 1.59. The summed E-state index contributed by atoms with van der Waals surface area (Å²) in [6.07, 6.45) is -1.31. The molecule has 2 aromatic rings. The van der Waals surface area contributed by atoms with Gasteiger partial charge in [0.15, 0.2) is 0 Å². The van der Waals surface area contributed by atoms with Gasteiger partial charge >= 0.3 is 12.0 Å². The van der Waals surface area contributed by atoms with Crippen LogP contribution >= 0.6 is 0 Å². The number of nitrogens with one attached hydrogen (secondary N) is 1. The normalized spacial score (nSPS) is 15.3. The third-order valence-corrected chi connectivity index (χ3v) is 6.83. The topological polar surface area (TPSA) is 109 Å². The van der Waals surface area contributed by atoms with Crippen LogP contribution in [0.3, 0.4) is 0 Å². The second kappa shape index (κ2) is 10.0. The summed E-state index contributed by atoms with van der Waals surface area (Å²) in [5.41, 5.74) is -0.564. The SMILES string of the molecule is CC(C)(C)OC(=O)c1cc(NC(=O)N2CCN(S(=O)(=O)c3ccc(C(F)F)cc3)CC2)ccn1.